The van der Waals surface area contributed by atoms with Crippen LogP contribution in [0.4, 0.5) is 5.82 Å². The summed E-state index contributed by atoms with van der Waals surface area (Å²) in [4.78, 5) is 20.3. The van der Waals surface area contributed by atoms with Crippen LogP contribution in [-0.2, 0) is 10.8 Å². The van der Waals surface area contributed by atoms with Crippen LogP contribution in [0.2, 0.25) is 10.0 Å². The number of halogens is 2. The zero-order valence-corrected chi connectivity index (χ0v) is 23.5. The lowest BCUT2D eigenvalue weighted by atomic mass is 10.0. The first-order chi connectivity index (χ1) is 18.2. The van der Waals surface area contributed by atoms with Gasteiger partial charge in [0.2, 0.25) is 0 Å². The summed E-state index contributed by atoms with van der Waals surface area (Å²) in [6, 6.07) is 12.8. The molecule has 0 radical (unpaired) electrons. The molecule has 198 valence electrons. The Morgan fingerprint density at radius 1 is 1.24 bits per heavy atom. The average molecular weight is 573 g/mol. The number of carbonyl (C=O) groups excluding carboxylic acids is 1. The lowest BCUT2D eigenvalue weighted by Crippen LogP contribution is -2.35. The van der Waals surface area contributed by atoms with Crippen molar-refractivity contribution in [3.63, 3.8) is 0 Å². The van der Waals surface area contributed by atoms with Crippen LogP contribution in [0.1, 0.15) is 34.1 Å². The second-order valence-corrected chi connectivity index (χ2v) is 11.7. The Morgan fingerprint density at radius 2 is 1.97 bits per heavy atom. The molecule has 0 spiro atoms. The van der Waals surface area contributed by atoms with Crippen molar-refractivity contribution in [2.24, 2.45) is 0 Å². The number of hydrogen-bond acceptors (Lipinski definition) is 6. The Bertz CT molecular complexity index is 1540. The molecule has 2 aromatic heterocycles. The normalized spacial score (nSPS) is 15.6. The second-order valence-electron chi connectivity index (χ2n) is 9.25. The number of nitrogens with one attached hydrogen (secondary N) is 1. The molecule has 5 rings (SSSR count). The maximum atomic E-state index is 13.7. The van der Waals surface area contributed by atoms with E-state index in [2.05, 4.69) is 10.3 Å². The predicted molar refractivity (Wildman–Crippen MR) is 152 cm³/mol. The van der Waals surface area contributed by atoms with E-state index in [9.17, 15) is 9.00 Å². The van der Waals surface area contributed by atoms with Crippen molar-refractivity contribution >= 4 is 51.4 Å². The van der Waals surface area contributed by atoms with E-state index in [-0.39, 0.29) is 11.9 Å². The zero-order valence-electron chi connectivity index (χ0n) is 21.2. The Labute approximate surface area is 233 Å². The summed E-state index contributed by atoms with van der Waals surface area (Å²) in [6.45, 7) is 2.85. The van der Waals surface area contributed by atoms with Gasteiger partial charge in [-0.1, -0.05) is 41.4 Å². The van der Waals surface area contributed by atoms with Crippen molar-refractivity contribution in [1.82, 2.24) is 19.9 Å². The second kappa shape index (κ2) is 10.9. The van der Waals surface area contributed by atoms with E-state index in [0.29, 0.717) is 58.1 Å². The quantitative estimate of drug-likeness (QED) is 0.333. The summed E-state index contributed by atoms with van der Waals surface area (Å²) >= 11 is 12.6. The molecule has 0 bridgehead atoms. The molecule has 0 saturated heterocycles. The number of benzene rings is 2. The first kappa shape index (κ1) is 26.5. The smallest absolute Gasteiger partial charge is 0.257 e. The number of nitrogens with zero attached hydrogens (tertiary/aromatic N) is 4. The van der Waals surface area contributed by atoms with Crippen molar-refractivity contribution < 1.29 is 13.7 Å². The van der Waals surface area contributed by atoms with E-state index in [1.807, 2.05) is 55.3 Å². The molecular formula is C27H27Cl2N5O3S. The van der Waals surface area contributed by atoms with E-state index in [0.717, 1.165) is 22.4 Å². The van der Waals surface area contributed by atoms with Gasteiger partial charge in [-0.3, -0.25) is 9.00 Å². The molecule has 0 fully saturated rings. The Morgan fingerprint density at radius 3 is 2.71 bits per heavy atom. The van der Waals surface area contributed by atoms with Gasteiger partial charge in [0.25, 0.3) is 5.91 Å². The number of carbonyl (C=O) groups is 1. The number of ether oxygens (including phenoxy) is 1. The van der Waals surface area contributed by atoms with Crippen molar-refractivity contribution in [3.05, 3.63) is 75.5 Å². The molecule has 8 nitrogen and oxygen atoms in total. The third kappa shape index (κ3) is 5.23. The average Bonchev–Trinajstić information content (AvgIpc) is 3.22. The summed E-state index contributed by atoms with van der Waals surface area (Å²) < 4.78 is 19.3. The monoisotopic (exact) mass is 571 g/mol. The maximum Gasteiger partial charge on any atom is 0.257 e. The van der Waals surface area contributed by atoms with Crippen LogP contribution >= 0.6 is 23.2 Å². The molecule has 1 aliphatic rings. The number of fused-ring (bicyclic) bond motifs is 2. The van der Waals surface area contributed by atoms with Crippen LogP contribution in [-0.4, -0.2) is 56.9 Å². The first-order valence-electron chi connectivity index (χ1n) is 12.1. The van der Waals surface area contributed by atoms with E-state index in [4.69, 9.17) is 33.0 Å². The molecule has 1 N–H and O–H groups in total. The molecule has 11 heteroatoms. The number of rotatable bonds is 7. The number of amides is 1. The van der Waals surface area contributed by atoms with Crippen molar-refractivity contribution in [3.8, 4) is 16.9 Å². The SMILES string of the molecule is Cc1nn2c(N(C)CCS(C)=O)c(C(=O)N[C@H]3CCOc4ccccc43)cnc2c1-c1cc(Cl)cc(Cl)c1. The summed E-state index contributed by atoms with van der Waals surface area (Å²) in [5.74, 6) is 1.49. The minimum atomic E-state index is -1.01. The van der Waals surface area contributed by atoms with Gasteiger partial charge >= 0.3 is 0 Å². The summed E-state index contributed by atoms with van der Waals surface area (Å²) in [6.07, 6.45) is 3.88. The van der Waals surface area contributed by atoms with Gasteiger partial charge in [-0.05, 0) is 36.8 Å². The van der Waals surface area contributed by atoms with Crippen LogP contribution in [0.3, 0.4) is 0 Å². The fourth-order valence-corrected chi connectivity index (χ4v) is 5.80. The summed E-state index contributed by atoms with van der Waals surface area (Å²) in [5.41, 5.74) is 4.13. The van der Waals surface area contributed by atoms with Gasteiger partial charge in [-0.2, -0.15) is 9.61 Å². The third-order valence-corrected chi connectivity index (χ3v) is 7.72. The minimum absolute atomic E-state index is 0.201. The largest absolute Gasteiger partial charge is 0.493 e. The Hall–Kier alpha value is -3.14. The van der Waals surface area contributed by atoms with Crippen LogP contribution in [0.15, 0.2) is 48.7 Å². The van der Waals surface area contributed by atoms with Crippen molar-refractivity contribution in [1.29, 1.82) is 0 Å². The molecule has 38 heavy (non-hydrogen) atoms. The van der Waals surface area contributed by atoms with Gasteiger partial charge in [0.1, 0.15) is 17.1 Å². The van der Waals surface area contributed by atoms with Gasteiger partial charge in [0.15, 0.2) is 5.65 Å². The molecule has 0 aliphatic carbocycles. The van der Waals surface area contributed by atoms with Crippen LogP contribution < -0.4 is 15.0 Å². The highest BCUT2D eigenvalue weighted by molar-refractivity contribution is 7.84. The molecule has 0 saturated carbocycles. The highest BCUT2D eigenvalue weighted by Crippen LogP contribution is 2.35. The van der Waals surface area contributed by atoms with Crippen molar-refractivity contribution in [2.45, 2.75) is 19.4 Å². The fraction of sp³-hybridized carbons (Fsp3) is 0.296. The van der Waals surface area contributed by atoms with Gasteiger partial charge in [-0.15, -0.1) is 0 Å². The number of aromatic nitrogens is 3. The summed E-state index contributed by atoms with van der Waals surface area (Å²) in [7, 11) is 0.850. The first-order valence-corrected chi connectivity index (χ1v) is 14.6. The minimum Gasteiger partial charge on any atom is -0.493 e. The van der Waals surface area contributed by atoms with Crippen LogP contribution in [0.25, 0.3) is 16.8 Å². The number of para-hydroxylation sites is 1. The molecule has 1 unspecified atom stereocenters. The van der Waals surface area contributed by atoms with Gasteiger partial charge in [-0.25, -0.2) is 4.98 Å². The zero-order chi connectivity index (χ0) is 27.0. The standard InChI is InChI=1S/C27H27Cl2N5O3S/c1-16-24(17-12-18(28)14-19(29)13-17)25-30-15-21(27(34(25)32-16)33(2)9-11-38(3)36)26(35)31-22-8-10-37-23-7-5-4-6-20(22)23/h4-7,12-15,22H,8-11H2,1-3H3,(H,31,35)/t22-,38?/m0/s1. The molecule has 2 atom stereocenters. The topological polar surface area (TPSA) is 88.8 Å². The Balaban J connectivity index is 1.60. The van der Waals surface area contributed by atoms with E-state index >= 15 is 0 Å². The lowest BCUT2D eigenvalue weighted by molar-refractivity contribution is 0.0924. The summed E-state index contributed by atoms with van der Waals surface area (Å²) in [5, 5.41) is 8.94. The number of anilines is 1. The van der Waals surface area contributed by atoms with E-state index in [1.165, 1.54) is 0 Å². The lowest BCUT2D eigenvalue weighted by Gasteiger charge is -2.27. The highest BCUT2D eigenvalue weighted by Gasteiger charge is 2.27. The fourth-order valence-electron chi connectivity index (χ4n) is 4.74. The molecule has 4 aromatic rings. The van der Waals surface area contributed by atoms with Gasteiger partial charge in [0.05, 0.1) is 18.3 Å². The van der Waals surface area contributed by atoms with E-state index < -0.39 is 10.8 Å². The Kier molecular flexibility index (Phi) is 7.61. The molecule has 1 amide bonds. The van der Waals surface area contributed by atoms with Gasteiger partial charge in [0, 0.05) is 70.2 Å². The predicted octanol–water partition coefficient (Wildman–Crippen LogP) is 5.08. The third-order valence-electron chi connectivity index (χ3n) is 6.53. The molecular weight excluding hydrogens is 545 g/mol. The highest BCUT2D eigenvalue weighted by atomic mass is 35.5. The molecule has 1 aliphatic heterocycles. The molecule has 3 heterocycles. The maximum absolute atomic E-state index is 13.7. The molecule has 2 aromatic carbocycles. The number of aryl methyl sites for hydroxylation is 1. The van der Waals surface area contributed by atoms with Crippen LogP contribution in [0.5, 0.6) is 5.75 Å². The van der Waals surface area contributed by atoms with E-state index in [1.54, 1.807) is 23.0 Å². The van der Waals surface area contributed by atoms with Gasteiger partial charge < -0.3 is 15.0 Å². The van der Waals surface area contributed by atoms with Crippen LogP contribution in [0, 0.1) is 6.92 Å². The van der Waals surface area contributed by atoms with Crippen molar-refractivity contribution in [2.75, 3.05) is 37.1 Å². The number of hydrogen-bond donors (Lipinski definition) is 1.